The Morgan fingerprint density at radius 1 is 0.959 bits per heavy atom. The number of allylic oxidation sites excluding steroid dienone is 3. The van der Waals surface area contributed by atoms with Gasteiger partial charge in [-0.15, -0.1) is 0 Å². The lowest BCUT2D eigenvalue weighted by Crippen LogP contribution is -2.39. The average Bonchev–Trinajstić information content (AvgIpc) is 3.60. The number of likely N-dealkylation sites (tertiary alicyclic amines) is 1. The standard InChI is InChI=1S/C44H53N5/c1-5-35-12-14-40(28-38(35)31-46(3)4)49-26-25-47(32-49)30-33-19-23-48(24-20-33)39-17-21-44(2,22-18-39)43-41(36-9-7-6-8-10-36)16-13-37-27-34(29-45)11-15-42(37)43/h5-12,14-15,17-18,21,27-28,33,41,43H,1,13,16,19-20,22-26,30-32H2,2-4H3. The highest BCUT2D eigenvalue weighted by Crippen LogP contribution is 2.55. The van der Waals surface area contributed by atoms with Crippen LogP contribution in [0.2, 0.25) is 0 Å². The number of benzene rings is 3. The lowest BCUT2D eigenvalue weighted by Gasteiger charge is -2.46. The van der Waals surface area contributed by atoms with Crippen LogP contribution >= 0.6 is 0 Å². The van der Waals surface area contributed by atoms with Crippen LogP contribution in [-0.4, -0.2) is 68.2 Å². The van der Waals surface area contributed by atoms with Crippen LogP contribution in [0.15, 0.2) is 97.2 Å². The van der Waals surface area contributed by atoms with Crippen LogP contribution in [0, 0.1) is 22.7 Å². The number of fused-ring (bicyclic) bond motifs is 1. The third kappa shape index (κ3) is 7.14. The zero-order valence-electron chi connectivity index (χ0n) is 29.8. The van der Waals surface area contributed by atoms with E-state index in [4.69, 9.17) is 0 Å². The topological polar surface area (TPSA) is 36.8 Å². The molecule has 0 N–H and O–H groups in total. The van der Waals surface area contributed by atoms with E-state index in [2.05, 4.69) is 132 Å². The number of piperidine rings is 1. The van der Waals surface area contributed by atoms with Gasteiger partial charge < -0.3 is 14.7 Å². The molecule has 3 atom stereocenters. The number of anilines is 1. The largest absolute Gasteiger partial charge is 0.372 e. The molecule has 49 heavy (non-hydrogen) atoms. The Morgan fingerprint density at radius 3 is 2.49 bits per heavy atom. The Morgan fingerprint density at radius 2 is 1.78 bits per heavy atom. The monoisotopic (exact) mass is 651 g/mol. The molecule has 0 radical (unpaired) electrons. The smallest absolute Gasteiger partial charge is 0.0991 e. The SMILES string of the molecule is C=Cc1ccc(N2CCN(CC3CCN(C4=CCC(C)(C5c6ccc(C#N)cc6CCC5c5ccccc5)C=C4)CC3)C2)cc1CN(C)C. The van der Waals surface area contributed by atoms with Crippen LogP contribution in [0.3, 0.4) is 0 Å². The van der Waals surface area contributed by atoms with Crippen LogP contribution in [0.25, 0.3) is 6.08 Å². The van der Waals surface area contributed by atoms with E-state index in [1.165, 1.54) is 58.6 Å². The third-order valence-electron chi connectivity index (χ3n) is 11.8. The first-order valence-electron chi connectivity index (χ1n) is 18.4. The highest BCUT2D eigenvalue weighted by molar-refractivity contribution is 5.60. The molecule has 254 valence electrons. The van der Waals surface area contributed by atoms with Crippen molar-refractivity contribution in [3.05, 3.63) is 131 Å². The minimum Gasteiger partial charge on any atom is -0.372 e. The van der Waals surface area contributed by atoms with Crippen molar-refractivity contribution in [2.45, 2.75) is 57.4 Å². The molecule has 0 spiro atoms. The fraction of sp³-hybridized carbons (Fsp3) is 0.432. The number of hydrogen-bond acceptors (Lipinski definition) is 5. The van der Waals surface area contributed by atoms with Crippen molar-refractivity contribution in [1.29, 1.82) is 5.26 Å². The van der Waals surface area contributed by atoms with Crippen molar-refractivity contribution in [2.75, 3.05) is 58.4 Å². The van der Waals surface area contributed by atoms with E-state index >= 15 is 0 Å². The maximum atomic E-state index is 9.59. The Bertz CT molecular complexity index is 1740. The van der Waals surface area contributed by atoms with Crippen LogP contribution in [0.1, 0.15) is 77.8 Å². The van der Waals surface area contributed by atoms with Crippen LogP contribution < -0.4 is 4.90 Å². The summed E-state index contributed by atoms with van der Waals surface area (Å²) in [5, 5.41) is 9.59. The number of aryl methyl sites for hydroxylation is 1. The first-order valence-corrected chi connectivity index (χ1v) is 18.4. The van der Waals surface area contributed by atoms with Gasteiger partial charge in [-0.2, -0.15) is 5.26 Å². The van der Waals surface area contributed by atoms with Gasteiger partial charge in [0.2, 0.25) is 0 Å². The minimum atomic E-state index is 0.0204. The van der Waals surface area contributed by atoms with Gasteiger partial charge >= 0.3 is 0 Å². The Hall–Kier alpha value is -4.11. The molecular formula is C44H53N5. The van der Waals surface area contributed by atoms with E-state index in [9.17, 15) is 5.26 Å². The van der Waals surface area contributed by atoms with E-state index in [0.29, 0.717) is 11.8 Å². The number of nitrogens with zero attached hydrogens (tertiary/aromatic N) is 5. The summed E-state index contributed by atoms with van der Waals surface area (Å²) < 4.78 is 0. The zero-order chi connectivity index (χ0) is 34.0. The molecule has 0 aromatic heterocycles. The summed E-state index contributed by atoms with van der Waals surface area (Å²) in [5.74, 6) is 1.60. The average molecular weight is 652 g/mol. The third-order valence-corrected chi connectivity index (χ3v) is 11.8. The summed E-state index contributed by atoms with van der Waals surface area (Å²) in [7, 11) is 4.26. The Labute approximate surface area is 294 Å². The number of rotatable bonds is 9. The van der Waals surface area contributed by atoms with Gasteiger partial charge in [0.25, 0.3) is 0 Å². The molecule has 7 rings (SSSR count). The summed E-state index contributed by atoms with van der Waals surface area (Å²) >= 11 is 0. The Kier molecular flexibility index (Phi) is 9.81. The normalized spacial score (nSPS) is 24.5. The summed E-state index contributed by atoms with van der Waals surface area (Å²) in [6.07, 6.45) is 15.2. The molecule has 4 aliphatic rings. The lowest BCUT2D eigenvalue weighted by molar-refractivity contribution is 0.181. The maximum absolute atomic E-state index is 9.59. The maximum Gasteiger partial charge on any atom is 0.0991 e. The minimum absolute atomic E-state index is 0.0204. The molecule has 2 saturated heterocycles. The van der Waals surface area contributed by atoms with Crippen LogP contribution in [0.4, 0.5) is 5.69 Å². The second-order valence-corrected chi connectivity index (χ2v) is 15.5. The van der Waals surface area contributed by atoms with Gasteiger partial charge in [-0.25, -0.2) is 0 Å². The van der Waals surface area contributed by atoms with Crippen molar-refractivity contribution in [3.8, 4) is 6.07 Å². The lowest BCUT2D eigenvalue weighted by atomic mass is 9.59. The summed E-state index contributed by atoms with van der Waals surface area (Å²) in [4.78, 5) is 10.1. The summed E-state index contributed by atoms with van der Waals surface area (Å²) in [6.45, 7) is 14.2. The molecule has 3 aromatic rings. The fourth-order valence-corrected chi connectivity index (χ4v) is 9.17. The molecule has 2 fully saturated rings. The fourth-order valence-electron chi connectivity index (χ4n) is 9.17. The van der Waals surface area contributed by atoms with E-state index in [-0.39, 0.29) is 5.41 Å². The predicted molar refractivity (Wildman–Crippen MR) is 203 cm³/mol. The Balaban J connectivity index is 0.970. The molecule has 0 saturated carbocycles. The zero-order valence-corrected chi connectivity index (χ0v) is 29.8. The van der Waals surface area contributed by atoms with Gasteiger partial charge in [-0.1, -0.05) is 74.2 Å². The molecule has 3 unspecified atom stereocenters. The van der Waals surface area contributed by atoms with Gasteiger partial charge in [-0.3, -0.25) is 4.90 Å². The predicted octanol–water partition coefficient (Wildman–Crippen LogP) is 8.42. The van der Waals surface area contributed by atoms with Gasteiger partial charge in [-0.05, 0) is 122 Å². The van der Waals surface area contributed by atoms with Crippen LogP contribution in [-0.2, 0) is 13.0 Å². The van der Waals surface area contributed by atoms with Crippen molar-refractivity contribution < 1.29 is 0 Å². The molecule has 0 amide bonds. The molecule has 5 heteroatoms. The van der Waals surface area contributed by atoms with Gasteiger partial charge in [0, 0.05) is 56.6 Å². The molecule has 2 aliphatic carbocycles. The summed E-state index contributed by atoms with van der Waals surface area (Å²) in [6, 6.07) is 26.8. The molecule has 2 heterocycles. The molecule has 0 bridgehead atoms. The second kappa shape index (κ2) is 14.4. The number of hydrogen-bond donors (Lipinski definition) is 0. The second-order valence-electron chi connectivity index (χ2n) is 15.5. The first kappa shape index (κ1) is 33.4. The van der Waals surface area contributed by atoms with Crippen molar-refractivity contribution >= 4 is 11.8 Å². The van der Waals surface area contributed by atoms with E-state index in [1.807, 2.05) is 12.1 Å². The van der Waals surface area contributed by atoms with Gasteiger partial charge in [0.05, 0.1) is 18.3 Å². The quantitative estimate of drug-likeness (QED) is 0.232. The van der Waals surface area contributed by atoms with E-state index in [1.54, 1.807) is 0 Å². The molecular weight excluding hydrogens is 599 g/mol. The molecule has 3 aromatic carbocycles. The van der Waals surface area contributed by atoms with Crippen molar-refractivity contribution in [1.82, 2.24) is 14.7 Å². The highest BCUT2D eigenvalue weighted by atomic mass is 15.4. The van der Waals surface area contributed by atoms with Crippen molar-refractivity contribution in [2.24, 2.45) is 11.3 Å². The van der Waals surface area contributed by atoms with Gasteiger partial charge in [0.1, 0.15) is 0 Å². The summed E-state index contributed by atoms with van der Waals surface area (Å²) in [5.41, 5.74) is 10.4. The highest BCUT2D eigenvalue weighted by Gasteiger charge is 2.43. The number of nitriles is 1. The van der Waals surface area contributed by atoms with Gasteiger partial charge in [0.15, 0.2) is 0 Å². The van der Waals surface area contributed by atoms with E-state index in [0.717, 1.165) is 70.1 Å². The first-order chi connectivity index (χ1) is 23.8. The molecule has 5 nitrogen and oxygen atoms in total. The van der Waals surface area contributed by atoms with E-state index < -0.39 is 0 Å². The molecule has 2 aliphatic heterocycles. The van der Waals surface area contributed by atoms with Crippen LogP contribution in [0.5, 0.6) is 0 Å². The van der Waals surface area contributed by atoms with Crippen molar-refractivity contribution in [3.63, 3.8) is 0 Å².